The van der Waals surface area contributed by atoms with Gasteiger partial charge in [0.2, 0.25) is 10.0 Å². The van der Waals surface area contributed by atoms with Crippen LogP contribution >= 0.6 is 0 Å². The van der Waals surface area contributed by atoms with Gasteiger partial charge >= 0.3 is 5.97 Å². The average molecular weight is 280 g/mol. The monoisotopic (exact) mass is 280 g/mol. The van der Waals surface area contributed by atoms with Gasteiger partial charge in [-0.1, -0.05) is 6.92 Å². The second kappa shape index (κ2) is 7.06. The van der Waals surface area contributed by atoms with E-state index >= 15 is 0 Å². The summed E-state index contributed by atoms with van der Waals surface area (Å²) < 4.78 is 24.0. The molecule has 0 spiro atoms. The van der Waals surface area contributed by atoms with Crippen LogP contribution in [0.2, 0.25) is 0 Å². The first kappa shape index (κ1) is 17.3. The molecule has 0 saturated heterocycles. The van der Waals surface area contributed by atoms with E-state index in [1.807, 2.05) is 0 Å². The normalized spacial score (nSPS) is 12.9. The molecule has 6 nitrogen and oxygen atoms in total. The summed E-state index contributed by atoms with van der Waals surface area (Å²) >= 11 is 0. The van der Waals surface area contributed by atoms with Crippen molar-refractivity contribution in [2.45, 2.75) is 27.2 Å². The van der Waals surface area contributed by atoms with Crippen LogP contribution in [0, 0.1) is 5.41 Å². The van der Waals surface area contributed by atoms with Crippen molar-refractivity contribution in [2.75, 3.05) is 32.4 Å². The molecule has 0 aromatic rings. The van der Waals surface area contributed by atoms with Crippen LogP contribution in [0.1, 0.15) is 27.2 Å². The third-order valence-corrected chi connectivity index (χ3v) is 4.11. The summed E-state index contributed by atoms with van der Waals surface area (Å²) in [6.45, 7) is 6.97. The Morgan fingerprint density at radius 2 is 1.94 bits per heavy atom. The molecule has 0 unspecified atom stereocenters. The lowest BCUT2D eigenvalue weighted by atomic mass is 9.94. The number of nitrogens with zero attached hydrogens (tertiary/aromatic N) is 1. The van der Waals surface area contributed by atoms with Crippen LogP contribution in [0.15, 0.2) is 0 Å². The van der Waals surface area contributed by atoms with E-state index in [0.717, 1.165) is 0 Å². The summed E-state index contributed by atoms with van der Waals surface area (Å²) in [4.78, 5) is 10.8. The zero-order valence-electron chi connectivity index (χ0n) is 11.6. The summed E-state index contributed by atoms with van der Waals surface area (Å²) in [7, 11) is -3.13. The van der Waals surface area contributed by atoms with Gasteiger partial charge in [0, 0.05) is 19.6 Å². The van der Waals surface area contributed by atoms with Crippen molar-refractivity contribution in [3.63, 3.8) is 0 Å². The SMILES string of the molecule is CCN(CCCNCC(C)(C)C(=O)O)S(C)(=O)=O. The van der Waals surface area contributed by atoms with Gasteiger partial charge in [0.15, 0.2) is 0 Å². The lowest BCUT2D eigenvalue weighted by molar-refractivity contribution is -0.146. The van der Waals surface area contributed by atoms with E-state index in [9.17, 15) is 13.2 Å². The van der Waals surface area contributed by atoms with E-state index < -0.39 is 21.4 Å². The van der Waals surface area contributed by atoms with Gasteiger partial charge in [0.05, 0.1) is 11.7 Å². The molecule has 0 heterocycles. The number of sulfonamides is 1. The Balaban J connectivity index is 3.91. The minimum absolute atomic E-state index is 0.368. The standard InChI is InChI=1S/C11H24N2O4S/c1-5-13(18(4,16)17)8-6-7-12-9-11(2,3)10(14)15/h12H,5-9H2,1-4H3,(H,14,15). The maximum Gasteiger partial charge on any atom is 0.310 e. The zero-order chi connectivity index (χ0) is 14.4. The third-order valence-electron chi connectivity index (χ3n) is 2.73. The van der Waals surface area contributed by atoms with E-state index in [1.165, 1.54) is 10.6 Å². The maximum atomic E-state index is 11.3. The van der Waals surface area contributed by atoms with Crippen LogP contribution in [0.25, 0.3) is 0 Å². The first-order chi connectivity index (χ1) is 8.11. The van der Waals surface area contributed by atoms with Gasteiger partial charge in [-0.2, -0.15) is 0 Å². The number of hydrogen-bond acceptors (Lipinski definition) is 4. The predicted octanol–water partition coefficient (Wildman–Crippen LogP) is 0.358. The van der Waals surface area contributed by atoms with Gasteiger partial charge in [0.1, 0.15) is 0 Å². The first-order valence-corrected chi connectivity index (χ1v) is 7.85. The maximum absolute atomic E-state index is 11.3. The molecule has 0 aliphatic rings. The minimum atomic E-state index is -3.13. The summed E-state index contributed by atoms with van der Waals surface area (Å²) in [6.07, 6.45) is 1.86. The van der Waals surface area contributed by atoms with Gasteiger partial charge in [-0.25, -0.2) is 12.7 Å². The topological polar surface area (TPSA) is 86.7 Å². The highest BCUT2D eigenvalue weighted by atomic mass is 32.2. The van der Waals surface area contributed by atoms with Crippen molar-refractivity contribution < 1.29 is 18.3 Å². The van der Waals surface area contributed by atoms with Gasteiger partial charge < -0.3 is 10.4 Å². The Hall–Kier alpha value is -0.660. The zero-order valence-corrected chi connectivity index (χ0v) is 12.4. The fraction of sp³-hybridized carbons (Fsp3) is 0.909. The van der Waals surface area contributed by atoms with Gasteiger partial charge in [-0.15, -0.1) is 0 Å². The number of hydrogen-bond donors (Lipinski definition) is 2. The first-order valence-electron chi connectivity index (χ1n) is 6.00. The van der Waals surface area contributed by atoms with E-state index in [4.69, 9.17) is 5.11 Å². The molecule has 7 heteroatoms. The molecular weight excluding hydrogens is 256 g/mol. The fourth-order valence-electron chi connectivity index (χ4n) is 1.42. The summed E-state index contributed by atoms with van der Waals surface area (Å²) in [5.41, 5.74) is -0.804. The molecule has 0 aliphatic carbocycles. The smallest absolute Gasteiger partial charge is 0.310 e. The Labute approximate surface area is 109 Å². The Bertz CT molecular complexity index is 365. The largest absolute Gasteiger partial charge is 0.481 e. The summed E-state index contributed by atoms with van der Waals surface area (Å²) in [6, 6.07) is 0. The third kappa shape index (κ3) is 6.32. The molecule has 0 rings (SSSR count). The number of rotatable bonds is 9. The van der Waals surface area contributed by atoms with Gasteiger partial charge in [-0.05, 0) is 26.8 Å². The Morgan fingerprint density at radius 1 is 1.39 bits per heavy atom. The number of aliphatic carboxylic acids is 1. The van der Waals surface area contributed by atoms with E-state index in [1.54, 1.807) is 20.8 Å². The van der Waals surface area contributed by atoms with Crippen molar-refractivity contribution in [3.8, 4) is 0 Å². The van der Waals surface area contributed by atoms with E-state index in [-0.39, 0.29) is 0 Å². The predicted molar refractivity (Wildman–Crippen MR) is 71.0 cm³/mol. The van der Waals surface area contributed by atoms with Crippen LogP contribution in [-0.2, 0) is 14.8 Å². The lowest BCUT2D eigenvalue weighted by Crippen LogP contribution is -2.37. The minimum Gasteiger partial charge on any atom is -0.481 e. The van der Waals surface area contributed by atoms with Crippen molar-refractivity contribution in [2.24, 2.45) is 5.41 Å². The van der Waals surface area contributed by atoms with E-state index in [0.29, 0.717) is 32.6 Å². The van der Waals surface area contributed by atoms with Crippen LogP contribution in [0.5, 0.6) is 0 Å². The van der Waals surface area contributed by atoms with Crippen LogP contribution in [-0.4, -0.2) is 56.2 Å². The molecule has 0 aliphatic heterocycles. The second-order valence-corrected chi connectivity index (χ2v) is 6.96. The average Bonchev–Trinajstić information content (AvgIpc) is 2.21. The number of nitrogens with one attached hydrogen (secondary N) is 1. The highest BCUT2D eigenvalue weighted by Gasteiger charge is 2.26. The molecule has 0 saturated carbocycles. The quantitative estimate of drug-likeness (QED) is 0.595. The van der Waals surface area contributed by atoms with Crippen LogP contribution in [0.3, 0.4) is 0 Å². The molecule has 0 atom stereocenters. The van der Waals surface area contributed by atoms with Crippen molar-refractivity contribution in [1.82, 2.24) is 9.62 Å². The molecule has 2 N–H and O–H groups in total. The molecule has 0 aromatic heterocycles. The second-order valence-electron chi connectivity index (χ2n) is 4.97. The Kier molecular flexibility index (Phi) is 6.80. The highest BCUT2D eigenvalue weighted by molar-refractivity contribution is 7.88. The molecule has 0 aromatic carbocycles. The summed E-state index contributed by atoms with van der Waals surface area (Å²) in [5, 5.41) is 11.9. The van der Waals surface area contributed by atoms with Crippen molar-refractivity contribution in [1.29, 1.82) is 0 Å². The van der Waals surface area contributed by atoms with Crippen molar-refractivity contribution in [3.05, 3.63) is 0 Å². The molecular formula is C11H24N2O4S. The van der Waals surface area contributed by atoms with Gasteiger partial charge in [0.25, 0.3) is 0 Å². The van der Waals surface area contributed by atoms with Crippen LogP contribution < -0.4 is 5.32 Å². The van der Waals surface area contributed by atoms with Crippen molar-refractivity contribution >= 4 is 16.0 Å². The molecule has 0 radical (unpaired) electrons. The molecule has 108 valence electrons. The number of carbonyl (C=O) groups is 1. The molecule has 18 heavy (non-hydrogen) atoms. The van der Waals surface area contributed by atoms with Gasteiger partial charge in [-0.3, -0.25) is 4.79 Å². The Morgan fingerprint density at radius 3 is 2.33 bits per heavy atom. The van der Waals surface area contributed by atoms with E-state index in [2.05, 4.69) is 5.32 Å². The highest BCUT2D eigenvalue weighted by Crippen LogP contribution is 2.12. The molecule has 0 bridgehead atoms. The number of carboxylic acids is 1. The summed E-state index contributed by atoms with van der Waals surface area (Å²) in [5.74, 6) is -0.846. The van der Waals surface area contributed by atoms with Crippen LogP contribution in [0.4, 0.5) is 0 Å². The molecule has 0 fully saturated rings. The fourth-order valence-corrected chi connectivity index (χ4v) is 2.35. The number of carboxylic acid groups (broad SMARTS) is 1. The lowest BCUT2D eigenvalue weighted by Gasteiger charge is -2.21. The molecule has 0 amide bonds.